The van der Waals surface area contributed by atoms with Gasteiger partial charge in [-0.3, -0.25) is 14.7 Å². The van der Waals surface area contributed by atoms with Gasteiger partial charge in [0.15, 0.2) is 5.82 Å². The van der Waals surface area contributed by atoms with Gasteiger partial charge in [0, 0.05) is 17.5 Å². The molecule has 1 aliphatic rings. The molecule has 1 aromatic carbocycles. The lowest BCUT2D eigenvalue weighted by Gasteiger charge is -2.11. The van der Waals surface area contributed by atoms with Crippen LogP contribution in [0.3, 0.4) is 0 Å². The SMILES string of the molecule is Cc1ccc(-c2nn3cc(C(=O)NCc4n[nH]c5c4CCCC5)cc3c(=O)[nH]2)cc1C. The van der Waals surface area contributed by atoms with Crippen molar-refractivity contribution in [2.24, 2.45) is 0 Å². The number of H-pyrrole nitrogens is 2. The van der Waals surface area contributed by atoms with E-state index in [0.717, 1.165) is 36.1 Å². The van der Waals surface area contributed by atoms with Crippen LogP contribution in [0.2, 0.25) is 0 Å². The minimum Gasteiger partial charge on any atom is -0.346 e. The van der Waals surface area contributed by atoms with Gasteiger partial charge in [-0.15, -0.1) is 5.10 Å². The van der Waals surface area contributed by atoms with E-state index in [0.29, 0.717) is 23.4 Å². The standard InChI is InChI=1S/C23H24N6O2/c1-13-7-8-15(9-14(13)2)21-25-23(31)20-10-16(12-29(20)28-21)22(30)24-11-19-17-5-3-4-6-18(17)26-27-19/h7-10,12H,3-6,11H2,1-2H3,(H,24,30)(H,26,27)(H,25,28,31). The second kappa shape index (κ2) is 7.54. The number of benzene rings is 1. The summed E-state index contributed by atoms with van der Waals surface area (Å²) in [5.41, 5.74) is 6.84. The number of aromatic amines is 2. The van der Waals surface area contributed by atoms with Crippen LogP contribution in [0.15, 0.2) is 35.3 Å². The van der Waals surface area contributed by atoms with Crippen molar-refractivity contribution in [1.29, 1.82) is 0 Å². The van der Waals surface area contributed by atoms with Gasteiger partial charge in [-0.05, 0) is 68.4 Å². The Bertz CT molecular complexity index is 1360. The van der Waals surface area contributed by atoms with Crippen molar-refractivity contribution in [3.8, 4) is 11.4 Å². The van der Waals surface area contributed by atoms with E-state index in [1.807, 2.05) is 32.0 Å². The molecular formula is C23H24N6O2. The second-order valence-corrected chi connectivity index (χ2v) is 8.18. The van der Waals surface area contributed by atoms with Crippen LogP contribution in [-0.4, -0.2) is 30.7 Å². The molecule has 0 aliphatic heterocycles. The first kappa shape index (κ1) is 19.3. The lowest BCUT2D eigenvalue weighted by Crippen LogP contribution is -2.23. The van der Waals surface area contributed by atoms with Crippen LogP contribution in [0.25, 0.3) is 16.9 Å². The van der Waals surface area contributed by atoms with Gasteiger partial charge in [-0.2, -0.15) is 5.10 Å². The highest BCUT2D eigenvalue weighted by atomic mass is 16.1. The van der Waals surface area contributed by atoms with Gasteiger partial charge in [0.2, 0.25) is 0 Å². The lowest BCUT2D eigenvalue weighted by atomic mass is 9.96. The largest absolute Gasteiger partial charge is 0.346 e. The number of hydrogen-bond acceptors (Lipinski definition) is 4. The van der Waals surface area contributed by atoms with Crippen molar-refractivity contribution in [2.45, 2.75) is 46.1 Å². The molecule has 5 rings (SSSR count). The molecule has 1 aliphatic carbocycles. The van der Waals surface area contributed by atoms with Crippen LogP contribution in [0, 0.1) is 13.8 Å². The topological polar surface area (TPSA) is 108 Å². The Hall–Kier alpha value is -3.68. The smallest absolute Gasteiger partial charge is 0.275 e. The number of hydrogen-bond donors (Lipinski definition) is 3. The highest BCUT2D eigenvalue weighted by molar-refractivity contribution is 5.95. The van der Waals surface area contributed by atoms with Crippen molar-refractivity contribution in [1.82, 2.24) is 30.1 Å². The molecule has 0 saturated carbocycles. The molecule has 1 amide bonds. The van der Waals surface area contributed by atoms with Crippen molar-refractivity contribution >= 4 is 11.4 Å². The van der Waals surface area contributed by atoms with E-state index in [2.05, 4.69) is 25.6 Å². The van der Waals surface area contributed by atoms with Crippen molar-refractivity contribution in [3.05, 3.63) is 74.5 Å². The average Bonchev–Trinajstić information content (AvgIpc) is 3.38. The molecule has 4 aromatic rings. The minimum absolute atomic E-state index is 0.259. The van der Waals surface area contributed by atoms with Crippen molar-refractivity contribution in [3.63, 3.8) is 0 Å². The third kappa shape index (κ3) is 3.54. The maximum atomic E-state index is 12.7. The Morgan fingerprint density at radius 3 is 2.84 bits per heavy atom. The lowest BCUT2D eigenvalue weighted by molar-refractivity contribution is 0.0950. The number of amides is 1. The highest BCUT2D eigenvalue weighted by Gasteiger charge is 2.18. The fourth-order valence-corrected chi connectivity index (χ4v) is 4.11. The predicted octanol–water partition coefficient (Wildman–Crippen LogP) is 2.84. The van der Waals surface area contributed by atoms with E-state index >= 15 is 0 Å². The number of nitrogens with one attached hydrogen (secondary N) is 3. The van der Waals surface area contributed by atoms with Gasteiger partial charge in [-0.1, -0.05) is 12.1 Å². The first-order valence-electron chi connectivity index (χ1n) is 10.5. The maximum Gasteiger partial charge on any atom is 0.275 e. The molecule has 3 aromatic heterocycles. The summed E-state index contributed by atoms with van der Waals surface area (Å²) in [5.74, 6) is 0.205. The molecule has 3 heterocycles. The monoisotopic (exact) mass is 416 g/mol. The summed E-state index contributed by atoms with van der Waals surface area (Å²) >= 11 is 0. The first-order valence-corrected chi connectivity index (χ1v) is 10.5. The zero-order chi connectivity index (χ0) is 21.5. The molecule has 0 atom stereocenters. The van der Waals surface area contributed by atoms with E-state index in [1.165, 1.54) is 27.8 Å². The Labute approximate surface area is 178 Å². The molecule has 158 valence electrons. The molecular weight excluding hydrogens is 392 g/mol. The Balaban J connectivity index is 1.39. The second-order valence-electron chi connectivity index (χ2n) is 8.18. The molecule has 3 N–H and O–H groups in total. The maximum absolute atomic E-state index is 12.7. The average molecular weight is 416 g/mol. The Morgan fingerprint density at radius 1 is 1.16 bits per heavy atom. The fourth-order valence-electron chi connectivity index (χ4n) is 4.11. The van der Waals surface area contributed by atoms with Gasteiger partial charge >= 0.3 is 0 Å². The van der Waals surface area contributed by atoms with Crippen LogP contribution in [0.5, 0.6) is 0 Å². The first-order chi connectivity index (χ1) is 15.0. The Morgan fingerprint density at radius 2 is 2.00 bits per heavy atom. The molecule has 31 heavy (non-hydrogen) atoms. The molecule has 0 spiro atoms. The highest BCUT2D eigenvalue weighted by Crippen LogP contribution is 2.22. The third-order valence-electron chi connectivity index (χ3n) is 6.07. The molecule has 0 radical (unpaired) electrons. The number of rotatable bonds is 4. The van der Waals surface area contributed by atoms with E-state index in [9.17, 15) is 9.59 Å². The van der Waals surface area contributed by atoms with E-state index in [1.54, 1.807) is 12.3 Å². The minimum atomic E-state index is -0.288. The summed E-state index contributed by atoms with van der Waals surface area (Å²) in [6.07, 6.45) is 5.91. The fraction of sp³-hybridized carbons (Fsp3) is 0.304. The van der Waals surface area contributed by atoms with Gasteiger partial charge in [0.25, 0.3) is 11.5 Å². The number of carbonyl (C=O) groups is 1. The van der Waals surface area contributed by atoms with Crippen LogP contribution in [0.1, 0.15) is 51.3 Å². The number of nitrogens with zero attached hydrogens (tertiary/aromatic N) is 3. The predicted molar refractivity (Wildman–Crippen MR) is 117 cm³/mol. The van der Waals surface area contributed by atoms with Crippen molar-refractivity contribution in [2.75, 3.05) is 0 Å². The Kier molecular flexibility index (Phi) is 4.69. The number of fused-ring (bicyclic) bond motifs is 2. The van der Waals surface area contributed by atoms with E-state index in [-0.39, 0.29) is 11.5 Å². The van der Waals surface area contributed by atoms with Crippen LogP contribution < -0.4 is 10.9 Å². The molecule has 8 heteroatoms. The van der Waals surface area contributed by atoms with Crippen LogP contribution >= 0.6 is 0 Å². The molecule has 0 unspecified atom stereocenters. The quantitative estimate of drug-likeness (QED) is 0.475. The van der Waals surface area contributed by atoms with E-state index in [4.69, 9.17) is 0 Å². The van der Waals surface area contributed by atoms with E-state index < -0.39 is 0 Å². The summed E-state index contributed by atoms with van der Waals surface area (Å²) in [7, 11) is 0. The van der Waals surface area contributed by atoms with Gasteiger partial charge in [-0.25, -0.2) is 4.52 Å². The molecule has 0 fully saturated rings. The van der Waals surface area contributed by atoms with Gasteiger partial charge < -0.3 is 10.3 Å². The molecule has 8 nitrogen and oxygen atoms in total. The van der Waals surface area contributed by atoms with Gasteiger partial charge in [0.1, 0.15) is 5.52 Å². The number of aryl methyl sites for hydroxylation is 3. The van der Waals surface area contributed by atoms with Crippen molar-refractivity contribution < 1.29 is 4.79 Å². The normalized spacial score (nSPS) is 13.4. The number of carbonyl (C=O) groups excluding carboxylic acids is 1. The summed E-state index contributed by atoms with van der Waals surface area (Å²) in [6, 6.07) is 7.47. The molecule has 0 saturated heterocycles. The summed E-state index contributed by atoms with van der Waals surface area (Å²) < 4.78 is 1.47. The summed E-state index contributed by atoms with van der Waals surface area (Å²) in [4.78, 5) is 28.1. The van der Waals surface area contributed by atoms with Crippen LogP contribution in [0.4, 0.5) is 0 Å². The summed E-state index contributed by atoms with van der Waals surface area (Å²) in [5, 5.41) is 14.9. The zero-order valence-corrected chi connectivity index (χ0v) is 17.6. The van der Waals surface area contributed by atoms with Crippen LogP contribution in [-0.2, 0) is 19.4 Å². The zero-order valence-electron chi connectivity index (χ0n) is 17.6. The number of aromatic nitrogens is 5. The molecule has 0 bridgehead atoms. The van der Waals surface area contributed by atoms with Gasteiger partial charge in [0.05, 0.1) is 17.8 Å². The summed E-state index contributed by atoms with van der Waals surface area (Å²) in [6.45, 7) is 4.41. The third-order valence-corrected chi connectivity index (χ3v) is 6.07.